The van der Waals surface area contributed by atoms with Crippen LogP contribution in [0, 0.1) is 5.41 Å². The molecule has 4 aromatic rings. The molecule has 1 amide bonds. The molecular weight excluding hydrogens is 470 g/mol. The molecule has 4 heterocycles. The number of carbonyl (C=O) groups is 1. The molecule has 196 valence electrons. The van der Waals surface area contributed by atoms with Crippen molar-refractivity contribution in [3.63, 3.8) is 0 Å². The number of fused-ring (bicyclic) bond motifs is 2. The minimum Gasteiger partial charge on any atom is -0.384 e. The lowest BCUT2D eigenvalue weighted by molar-refractivity contribution is -0.134. The van der Waals surface area contributed by atoms with Crippen molar-refractivity contribution in [2.75, 3.05) is 38.0 Å². The van der Waals surface area contributed by atoms with Gasteiger partial charge in [0.25, 0.3) is 0 Å². The zero-order valence-electron chi connectivity index (χ0n) is 22.7. The molecule has 2 aliphatic heterocycles. The number of pyridine rings is 1. The van der Waals surface area contributed by atoms with Gasteiger partial charge < -0.3 is 15.2 Å². The molecule has 2 N–H and O–H groups in total. The van der Waals surface area contributed by atoms with Crippen LogP contribution in [0.1, 0.15) is 38.3 Å². The molecule has 2 aliphatic rings. The third kappa shape index (κ3) is 5.18. The van der Waals surface area contributed by atoms with Gasteiger partial charge in [-0.3, -0.25) is 9.69 Å². The van der Waals surface area contributed by atoms with Crippen LogP contribution in [-0.2, 0) is 17.8 Å². The smallest absolute Gasteiger partial charge is 0.223 e. The van der Waals surface area contributed by atoms with Crippen molar-refractivity contribution in [3.8, 4) is 22.3 Å². The van der Waals surface area contributed by atoms with Crippen molar-refractivity contribution in [2.24, 2.45) is 5.41 Å². The number of amides is 1. The molecule has 2 aromatic heterocycles. The standard InChI is InChI=1S/C32H37N5O/c1-32(2,3)18-30(38)37-14-12-36(13-15-37)21-22-4-6-23(7-5-22)26-17-27-28(20-35-31(27)34-19-26)24-8-9-29-25(16-24)10-11-33-29/h4-9,16-17,19-20,33H,10-15,18,21H2,1-3H3,(H,34,35). The van der Waals surface area contributed by atoms with Crippen LogP contribution in [0.3, 0.4) is 0 Å². The molecule has 0 spiro atoms. The highest BCUT2D eigenvalue weighted by atomic mass is 16.2. The summed E-state index contributed by atoms with van der Waals surface area (Å²) in [6.45, 7) is 11.8. The summed E-state index contributed by atoms with van der Waals surface area (Å²) < 4.78 is 0. The molecule has 6 nitrogen and oxygen atoms in total. The number of hydrogen-bond acceptors (Lipinski definition) is 4. The molecule has 0 radical (unpaired) electrons. The van der Waals surface area contributed by atoms with Gasteiger partial charge in [-0.1, -0.05) is 51.1 Å². The summed E-state index contributed by atoms with van der Waals surface area (Å²) in [5.74, 6) is 0.283. The van der Waals surface area contributed by atoms with Crippen molar-refractivity contribution in [2.45, 2.75) is 40.2 Å². The Kier molecular flexibility index (Phi) is 6.44. The summed E-state index contributed by atoms with van der Waals surface area (Å²) in [5.41, 5.74) is 9.61. The third-order valence-corrected chi connectivity index (χ3v) is 7.76. The van der Waals surface area contributed by atoms with Crippen molar-refractivity contribution in [1.82, 2.24) is 19.8 Å². The molecular formula is C32H37N5O. The molecule has 0 atom stereocenters. The van der Waals surface area contributed by atoms with E-state index in [-0.39, 0.29) is 11.3 Å². The van der Waals surface area contributed by atoms with Gasteiger partial charge in [0.05, 0.1) is 0 Å². The van der Waals surface area contributed by atoms with Crippen LogP contribution in [0.25, 0.3) is 33.3 Å². The van der Waals surface area contributed by atoms with Crippen LogP contribution in [0.5, 0.6) is 0 Å². The van der Waals surface area contributed by atoms with Crippen LogP contribution in [-0.4, -0.2) is 58.4 Å². The first-order valence-corrected chi connectivity index (χ1v) is 13.8. The Morgan fingerprint density at radius 2 is 1.71 bits per heavy atom. The number of piperazine rings is 1. The second-order valence-corrected chi connectivity index (χ2v) is 12.0. The van der Waals surface area contributed by atoms with Gasteiger partial charge in [-0.2, -0.15) is 0 Å². The van der Waals surface area contributed by atoms with Gasteiger partial charge in [0.1, 0.15) is 5.65 Å². The average Bonchev–Trinajstić information content (AvgIpc) is 3.55. The molecule has 0 unspecified atom stereocenters. The predicted octanol–water partition coefficient (Wildman–Crippen LogP) is 5.95. The molecule has 38 heavy (non-hydrogen) atoms. The minimum atomic E-state index is 0.0396. The van der Waals surface area contributed by atoms with Crippen molar-refractivity contribution >= 4 is 22.6 Å². The summed E-state index contributed by atoms with van der Waals surface area (Å²) in [7, 11) is 0. The van der Waals surface area contributed by atoms with Crippen LogP contribution >= 0.6 is 0 Å². The molecule has 1 saturated heterocycles. The number of aromatic nitrogens is 2. The molecule has 0 bridgehead atoms. The Morgan fingerprint density at radius 1 is 0.947 bits per heavy atom. The Balaban J connectivity index is 1.13. The Hall–Kier alpha value is -3.64. The second-order valence-electron chi connectivity index (χ2n) is 12.0. The monoisotopic (exact) mass is 507 g/mol. The fraction of sp³-hybridized carbons (Fsp3) is 0.375. The summed E-state index contributed by atoms with van der Waals surface area (Å²) in [6, 6.07) is 17.8. The number of aromatic amines is 1. The number of carbonyl (C=O) groups excluding carboxylic acids is 1. The lowest BCUT2D eigenvalue weighted by atomic mass is 9.91. The quantitative estimate of drug-likeness (QED) is 0.351. The first-order valence-electron chi connectivity index (χ1n) is 13.8. The van der Waals surface area contributed by atoms with Crippen molar-refractivity contribution < 1.29 is 4.79 Å². The zero-order chi connectivity index (χ0) is 26.3. The number of benzene rings is 2. The van der Waals surface area contributed by atoms with E-state index in [4.69, 9.17) is 4.98 Å². The minimum absolute atomic E-state index is 0.0396. The SMILES string of the molecule is CC(C)(C)CC(=O)N1CCN(Cc2ccc(-c3cnc4[nH]cc(-c5ccc6c(c5)CCN6)c4c3)cc2)CC1. The van der Waals surface area contributed by atoms with Gasteiger partial charge in [-0.15, -0.1) is 0 Å². The molecule has 1 fully saturated rings. The number of nitrogens with one attached hydrogen (secondary N) is 2. The maximum absolute atomic E-state index is 12.6. The maximum atomic E-state index is 12.6. The van der Waals surface area contributed by atoms with Crippen molar-refractivity contribution in [1.29, 1.82) is 0 Å². The maximum Gasteiger partial charge on any atom is 0.223 e. The highest BCUT2D eigenvalue weighted by Gasteiger charge is 2.25. The predicted molar refractivity (Wildman–Crippen MR) is 155 cm³/mol. The highest BCUT2D eigenvalue weighted by Crippen LogP contribution is 2.34. The summed E-state index contributed by atoms with van der Waals surface area (Å²) in [4.78, 5) is 25.1. The Morgan fingerprint density at radius 3 is 2.47 bits per heavy atom. The number of H-pyrrole nitrogens is 1. The molecule has 2 aromatic carbocycles. The lowest BCUT2D eigenvalue weighted by Crippen LogP contribution is -2.48. The van der Waals surface area contributed by atoms with Crippen LogP contribution in [0.15, 0.2) is 60.9 Å². The largest absolute Gasteiger partial charge is 0.384 e. The summed E-state index contributed by atoms with van der Waals surface area (Å²) >= 11 is 0. The number of anilines is 1. The fourth-order valence-electron chi connectivity index (χ4n) is 5.65. The number of hydrogen-bond donors (Lipinski definition) is 2. The van der Waals surface area contributed by atoms with E-state index >= 15 is 0 Å². The first-order chi connectivity index (χ1) is 18.3. The summed E-state index contributed by atoms with van der Waals surface area (Å²) in [6.07, 6.45) is 5.72. The van der Waals surface area contributed by atoms with E-state index in [0.29, 0.717) is 6.42 Å². The van der Waals surface area contributed by atoms with Crippen LogP contribution < -0.4 is 5.32 Å². The van der Waals surface area contributed by atoms with Crippen molar-refractivity contribution in [3.05, 3.63) is 72.1 Å². The van der Waals surface area contributed by atoms with E-state index in [1.54, 1.807) is 0 Å². The lowest BCUT2D eigenvalue weighted by Gasteiger charge is -2.36. The molecule has 6 rings (SSSR count). The van der Waals surface area contributed by atoms with Gasteiger partial charge in [0.2, 0.25) is 5.91 Å². The van der Waals surface area contributed by atoms with E-state index in [1.807, 2.05) is 11.1 Å². The van der Waals surface area contributed by atoms with Crippen LogP contribution in [0.4, 0.5) is 5.69 Å². The van der Waals surface area contributed by atoms with E-state index in [1.165, 1.54) is 33.5 Å². The van der Waals surface area contributed by atoms with E-state index in [2.05, 4.69) is 90.7 Å². The van der Waals surface area contributed by atoms with E-state index in [0.717, 1.165) is 62.3 Å². The fourth-order valence-corrected chi connectivity index (χ4v) is 5.65. The van der Waals surface area contributed by atoms with Crippen LogP contribution in [0.2, 0.25) is 0 Å². The highest BCUT2D eigenvalue weighted by molar-refractivity contribution is 5.96. The normalized spacial score (nSPS) is 16.0. The Labute approximate surface area is 225 Å². The summed E-state index contributed by atoms with van der Waals surface area (Å²) in [5, 5.41) is 4.59. The first kappa shape index (κ1) is 24.7. The van der Waals surface area contributed by atoms with Gasteiger partial charge in [-0.05, 0) is 52.3 Å². The number of rotatable bonds is 5. The Bertz CT molecular complexity index is 1460. The second kappa shape index (κ2) is 9.91. The van der Waals surface area contributed by atoms with E-state index in [9.17, 15) is 4.79 Å². The third-order valence-electron chi connectivity index (χ3n) is 7.76. The molecule has 6 heteroatoms. The van der Waals surface area contributed by atoms with E-state index < -0.39 is 0 Å². The van der Waals surface area contributed by atoms with Gasteiger partial charge in [0.15, 0.2) is 0 Å². The average molecular weight is 508 g/mol. The molecule has 0 aliphatic carbocycles. The van der Waals surface area contributed by atoms with Gasteiger partial charge in [0, 0.05) is 80.3 Å². The molecule has 0 saturated carbocycles. The van der Waals surface area contributed by atoms with Gasteiger partial charge in [-0.25, -0.2) is 4.98 Å². The zero-order valence-corrected chi connectivity index (χ0v) is 22.7. The van der Waals surface area contributed by atoms with Gasteiger partial charge >= 0.3 is 0 Å². The number of nitrogens with zero attached hydrogens (tertiary/aromatic N) is 3. The topological polar surface area (TPSA) is 64.3 Å².